The largest absolute Gasteiger partial charge is 0.472 e. The third-order valence-corrected chi connectivity index (χ3v) is 11.5. The summed E-state index contributed by atoms with van der Waals surface area (Å²) in [5.74, 6) is -1.25. The summed E-state index contributed by atoms with van der Waals surface area (Å²) in [6.45, 7) is 3.02. The number of unbranched alkanes of at least 4 members (excludes halogenated alkanes) is 10. The standard InChI is InChI=1S/C51H83O14P/c1-3-5-7-9-11-12-13-14-15-16-17-18-19-23-26-30-34-38-44(53)62-40-43(41-63-66(60,61)65-51-49(58)47(56)46(55)48(57)50(51)59)64-45(54)39-35-31-27-24-21-20-22-25-29-33-37-42(52)36-32-28-10-8-6-4-2/h6,8,11-12,14-15,20-21,25,27-29,31-33,37,42-43,46-52,55-59H,3-5,7,9-10,13,16-19,22-24,26,30,34-36,38-41H2,1-2H3,(H,60,61)/b8-6-,12-11-,15-14-,21-20-,29-25-,31-27-,32-28-,37-33+/t42?,43-,46?,47-,48+,49-,50-,51?/m1/s1. The molecule has 0 amide bonds. The summed E-state index contributed by atoms with van der Waals surface area (Å²) in [4.78, 5) is 35.7. The SMILES string of the molecule is CC/C=C\C/C=C\CC(O)/C=C/C=C\C/C=C\C/C=C\CCC(=O)O[C@H](COC(=O)CCCCCCCCC/C=C\C/C=C\CCCCC)COP(=O)(O)OC1[C@H](O)[C@H](O)C(O)[C@H](O)[C@H]1O. The van der Waals surface area contributed by atoms with E-state index >= 15 is 0 Å². The van der Waals surface area contributed by atoms with Crippen LogP contribution >= 0.6 is 7.82 Å². The van der Waals surface area contributed by atoms with Gasteiger partial charge in [-0.15, -0.1) is 0 Å². The van der Waals surface area contributed by atoms with Gasteiger partial charge in [0.2, 0.25) is 0 Å². The first-order valence-corrected chi connectivity index (χ1v) is 25.6. The molecular formula is C51H83O14P. The number of aliphatic hydroxyl groups is 6. The zero-order valence-corrected chi connectivity index (χ0v) is 40.4. The van der Waals surface area contributed by atoms with Crippen molar-refractivity contribution in [3.05, 3.63) is 97.2 Å². The summed E-state index contributed by atoms with van der Waals surface area (Å²) in [6, 6.07) is 0. The summed E-state index contributed by atoms with van der Waals surface area (Å²) in [5, 5.41) is 60.2. The fourth-order valence-corrected chi connectivity index (χ4v) is 7.58. The van der Waals surface area contributed by atoms with Gasteiger partial charge in [-0.25, -0.2) is 4.57 Å². The van der Waals surface area contributed by atoms with E-state index in [0.717, 1.165) is 70.6 Å². The first-order chi connectivity index (χ1) is 31.8. The van der Waals surface area contributed by atoms with Gasteiger partial charge in [-0.1, -0.05) is 156 Å². The molecule has 1 fully saturated rings. The highest BCUT2D eigenvalue weighted by atomic mass is 31.2. The Bertz CT molecular complexity index is 1540. The van der Waals surface area contributed by atoms with Crippen LogP contribution in [0, 0.1) is 0 Å². The van der Waals surface area contributed by atoms with E-state index in [1.165, 1.54) is 19.3 Å². The molecule has 15 heteroatoms. The summed E-state index contributed by atoms with van der Waals surface area (Å²) in [7, 11) is -5.16. The van der Waals surface area contributed by atoms with Gasteiger partial charge in [0, 0.05) is 12.8 Å². The number of phosphoric ester groups is 1. The Hall–Kier alpha value is -3.27. The molecule has 1 aliphatic carbocycles. The molecule has 0 bridgehead atoms. The lowest BCUT2D eigenvalue weighted by Crippen LogP contribution is -2.64. The van der Waals surface area contributed by atoms with E-state index in [0.29, 0.717) is 32.1 Å². The first kappa shape index (κ1) is 60.7. The second kappa shape index (κ2) is 39.7. The van der Waals surface area contributed by atoms with Gasteiger partial charge < -0.3 is 45.0 Å². The van der Waals surface area contributed by atoms with E-state index in [2.05, 4.69) is 50.3 Å². The van der Waals surface area contributed by atoms with Gasteiger partial charge in [-0.2, -0.15) is 0 Å². The number of carbonyl (C=O) groups excluding carboxylic acids is 2. The van der Waals surface area contributed by atoms with E-state index in [4.69, 9.17) is 18.5 Å². The quantitative estimate of drug-likeness (QED) is 0.0101. The van der Waals surface area contributed by atoms with Crippen LogP contribution in [0.2, 0.25) is 0 Å². The zero-order valence-electron chi connectivity index (χ0n) is 39.6. The Morgan fingerprint density at radius 1 is 0.561 bits per heavy atom. The monoisotopic (exact) mass is 951 g/mol. The van der Waals surface area contributed by atoms with Crippen LogP contribution in [0.15, 0.2) is 97.2 Å². The minimum absolute atomic E-state index is 0.0588. The van der Waals surface area contributed by atoms with Crippen LogP contribution in [0.4, 0.5) is 0 Å². The molecule has 66 heavy (non-hydrogen) atoms. The maximum absolute atomic E-state index is 12.8. The maximum Gasteiger partial charge on any atom is 0.472 e. The van der Waals surface area contributed by atoms with Gasteiger partial charge in [0.25, 0.3) is 0 Å². The molecule has 0 aromatic rings. The van der Waals surface area contributed by atoms with Gasteiger partial charge >= 0.3 is 19.8 Å². The molecule has 7 N–H and O–H groups in total. The van der Waals surface area contributed by atoms with Crippen molar-refractivity contribution in [2.45, 2.75) is 198 Å². The van der Waals surface area contributed by atoms with Crippen LogP contribution < -0.4 is 0 Å². The van der Waals surface area contributed by atoms with E-state index in [1.807, 2.05) is 48.6 Å². The summed E-state index contributed by atoms with van der Waals surface area (Å²) < 4.78 is 33.4. The Kier molecular flexibility index (Phi) is 36.5. The number of hydrogen-bond donors (Lipinski definition) is 7. The van der Waals surface area contributed by atoms with Crippen LogP contribution in [-0.2, 0) is 32.7 Å². The van der Waals surface area contributed by atoms with Crippen molar-refractivity contribution >= 4 is 19.8 Å². The van der Waals surface area contributed by atoms with Gasteiger partial charge in [0.05, 0.1) is 12.7 Å². The van der Waals surface area contributed by atoms with Crippen LogP contribution in [0.1, 0.15) is 149 Å². The second-order valence-corrected chi connectivity index (χ2v) is 17.8. The van der Waals surface area contributed by atoms with Crippen LogP contribution in [0.5, 0.6) is 0 Å². The molecule has 9 atom stereocenters. The van der Waals surface area contributed by atoms with E-state index in [1.54, 1.807) is 12.2 Å². The number of rotatable bonds is 38. The van der Waals surface area contributed by atoms with Crippen molar-refractivity contribution in [2.24, 2.45) is 0 Å². The minimum Gasteiger partial charge on any atom is -0.462 e. The normalized spacial score (nSPS) is 22.6. The third kappa shape index (κ3) is 31.7. The number of aliphatic hydroxyl groups excluding tert-OH is 6. The number of phosphoric acid groups is 1. The predicted octanol–water partition coefficient (Wildman–Crippen LogP) is 8.80. The van der Waals surface area contributed by atoms with E-state index in [-0.39, 0.29) is 12.8 Å². The Morgan fingerprint density at radius 2 is 1.08 bits per heavy atom. The van der Waals surface area contributed by atoms with Crippen molar-refractivity contribution in [3.8, 4) is 0 Å². The lowest BCUT2D eigenvalue weighted by Gasteiger charge is -2.41. The van der Waals surface area contributed by atoms with E-state index in [9.17, 15) is 49.7 Å². The van der Waals surface area contributed by atoms with Crippen LogP contribution in [0.25, 0.3) is 0 Å². The Labute approximate surface area is 394 Å². The average Bonchev–Trinajstić information content (AvgIpc) is 3.29. The fraction of sp³-hybridized carbons (Fsp3) is 0.647. The van der Waals surface area contributed by atoms with Crippen molar-refractivity contribution in [1.29, 1.82) is 0 Å². The summed E-state index contributed by atoms with van der Waals surface area (Å²) in [6.07, 6.45) is 36.3. The molecule has 0 heterocycles. The maximum atomic E-state index is 12.8. The average molecular weight is 951 g/mol. The van der Waals surface area contributed by atoms with E-state index < -0.39 is 81.8 Å². The van der Waals surface area contributed by atoms with Crippen LogP contribution in [-0.4, -0.2) is 110 Å². The summed E-state index contributed by atoms with van der Waals surface area (Å²) in [5.41, 5.74) is 0. The van der Waals surface area contributed by atoms with Crippen molar-refractivity contribution in [2.75, 3.05) is 13.2 Å². The molecule has 1 saturated carbocycles. The lowest BCUT2D eigenvalue weighted by molar-refractivity contribution is -0.220. The Morgan fingerprint density at radius 3 is 1.70 bits per heavy atom. The molecule has 1 rings (SSSR count). The predicted molar refractivity (Wildman–Crippen MR) is 259 cm³/mol. The molecule has 0 aromatic carbocycles. The topological polar surface area (TPSA) is 230 Å². The van der Waals surface area contributed by atoms with Gasteiger partial charge in [0.1, 0.15) is 43.2 Å². The molecule has 0 spiro atoms. The smallest absolute Gasteiger partial charge is 0.462 e. The molecule has 376 valence electrons. The minimum atomic E-state index is -5.16. The third-order valence-electron chi connectivity index (χ3n) is 10.5. The Balaban J connectivity index is 2.53. The molecular weight excluding hydrogens is 868 g/mol. The highest BCUT2D eigenvalue weighted by Gasteiger charge is 2.51. The second-order valence-electron chi connectivity index (χ2n) is 16.4. The molecule has 1 aliphatic rings. The van der Waals surface area contributed by atoms with Crippen molar-refractivity contribution in [3.63, 3.8) is 0 Å². The number of carbonyl (C=O) groups is 2. The molecule has 0 aliphatic heterocycles. The molecule has 0 saturated heterocycles. The van der Waals surface area contributed by atoms with Crippen molar-refractivity contribution < 1.29 is 68.2 Å². The lowest BCUT2D eigenvalue weighted by atomic mass is 9.85. The van der Waals surface area contributed by atoms with Gasteiger partial charge in [0.15, 0.2) is 6.10 Å². The van der Waals surface area contributed by atoms with Gasteiger partial charge in [-0.05, 0) is 77.0 Å². The molecule has 0 aromatic heterocycles. The summed E-state index contributed by atoms with van der Waals surface area (Å²) >= 11 is 0. The molecule has 4 unspecified atom stereocenters. The molecule has 0 radical (unpaired) electrons. The van der Waals surface area contributed by atoms with Crippen LogP contribution in [0.3, 0.4) is 0 Å². The number of esters is 2. The highest BCUT2D eigenvalue weighted by Crippen LogP contribution is 2.47. The zero-order chi connectivity index (χ0) is 48.7. The fourth-order valence-electron chi connectivity index (χ4n) is 6.60. The number of allylic oxidation sites excluding steroid dienone is 14. The van der Waals surface area contributed by atoms with Gasteiger partial charge in [-0.3, -0.25) is 18.6 Å². The molecule has 14 nitrogen and oxygen atoms in total. The number of ether oxygens (including phenoxy) is 2. The van der Waals surface area contributed by atoms with Crippen molar-refractivity contribution in [1.82, 2.24) is 0 Å². The number of hydrogen-bond acceptors (Lipinski definition) is 13. The first-order valence-electron chi connectivity index (χ1n) is 24.1. The highest BCUT2D eigenvalue weighted by molar-refractivity contribution is 7.47.